The maximum Gasteiger partial charge on any atom is 0.123 e. The van der Waals surface area contributed by atoms with E-state index in [9.17, 15) is 4.79 Å². The van der Waals surface area contributed by atoms with E-state index in [0.717, 1.165) is 30.5 Å². The van der Waals surface area contributed by atoms with E-state index in [0.29, 0.717) is 5.92 Å². The predicted molar refractivity (Wildman–Crippen MR) is 57.9 cm³/mol. The highest BCUT2D eigenvalue weighted by Crippen LogP contribution is 2.51. The molecule has 1 nitrogen and oxygen atoms in total. The van der Waals surface area contributed by atoms with Gasteiger partial charge in [0.1, 0.15) is 6.29 Å². The quantitative estimate of drug-likeness (QED) is 0.461. The number of rotatable bonds is 1. The number of carbonyl (C=O) groups is 1. The van der Waals surface area contributed by atoms with Crippen LogP contribution in [0.25, 0.3) is 0 Å². The molecule has 5 atom stereocenters. The maximum atomic E-state index is 10.9. The van der Waals surface area contributed by atoms with Crippen LogP contribution in [0.15, 0.2) is 12.2 Å². The molecule has 0 bridgehead atoms. The second-order valence-electron chi connectivity index (χ2n) is 5.37. The molecule has 5 unspecified atom stereocenters. The summed E-state index contributed by atoms with van der Waals surface area (Å²) in [6.07, 6.45) is 4.70. The summed E-state index contributed by atoms with van der Waals surface area (Å²) >= 11 is 0. The Morgan fingerprint density at radius 2 is 2.07 bits per heavy atom. The van der Waals surface area contributed by atoms with E-state index in [-0.39, 0.29) is 5.92 Å². The van der Waals surface area contributed by atoms with Gasteiger partial charge in [-0.05, 0) is 42.9 Å². The Labute approximate surface area is 86.6 Å². The lowest BCUT2D eigenvalue weighted by Gasteiger charge is -2.37. The minimum atomic E-state index is 0.244. The number of hydrogen-bond acceptors (Lipinski definition) is 1. The van der Waals surface area contributed by atoms with E-state index < -0.39 is 0 Å². The van der Waals surface area contributed by atoms with Gasteiger partial charge < -0.3 is 4.79 Å². The first-order valence-electron chi connectivity index (χ1n) is 5.76. The van der Waals surface area contributed by atoms with Gasteiger partial charge in [-0.3, -0.25) is 0 Å². The van der Waals surface area contributed by atoms with Gasteiger partial charge in [0, 0.05) is 5.92 Å². The molecule has 0 saturated heterocycles. The Balaban J connectivity index is 2.19. The van der Waals surface area contributed by atoms with Crippen molar-refractivity contribution in [2.24, 2.45) is 29.6 Å². The average molecular weight is 192 g/mol. The summed E-state index contributed by atoms with van der Waals surface area (Å²) in [6.45, 7) is 8.74. The molecule has 0 amide bonds. The molecule has 1 heteroatoms. The van der Waals surface area contributed by atoms with Gasteiger partial charge >= 0.3 is 0 Å². The number of carbonyl (C=O) groups excluding carboxylic acids is 1. The van der Waals surface area contributed by atoms with Crippen molar-refractivity contribution < 1.29 is 4.79 Å². The van der Waals surface area contributed by atoms with E-state index in [1.165, 1.54) is 18.4 Å². The molecule has 2 rings (SSSR count). The molecule has 0 radical (unpaired) electrons. The van der Waals surface area contributed by atoms with E-state index >= 15 is 0 Å². The van der Waals surface area contributed by atoms with Crippen molar-refractivity contribution in [3.8, 4) is 0 Å². The van der Waals surface area contributed by atoms with Crippen LogP contribution in [0.4, 0.5) is 0 Å². The summed E-state index contributed by atoms with van der Waals surface area (Å²) < 4.78 is 0. The number of fused-ring (bicyclic) bond motifs is 1. The number of aldehydes is 1. The highest BCUT2D eigenvalue weighted by molar-refractivity contribution is 5.55. The van der Waals surface area contributed by atoms with E-state index in [1.54, 1.807) is 0 Å². The van der Waals surface area contributed by atoms with Crippen LogP contribution >= 0.6 is 0 Å². The molecule has 0 aromatic carbocycles. The molecule has 0 spiro atoms. The Hall–Kier alpha value is -0.590. The third-order valence-electron chi connectivity index (χ3n) is 4.40. The average Bonchev–Trinajstić information content (AvgIpc) is 2.54. The van der Waals surface area contributed by atoms with Gasteiger partial charge in [-0.25, -0.2) is 0 Å². The van der Waals surface area contributed by atoms with Gasteiger partial charge in [0.2, 0.25) is 0 Å². The fourth-order valence-electron chi connectivity index (χ4n) is 3.51. The van der Waals surface area contributed by atoms with Crippen LogP contribution in [-0.2, 0) is 4.79 Å². The second-order valence-corrected chi connectivity index (χ2v) is 5.37. The number of hydrogen-bond donors (Lipinski definition) is 0. The Kier molecular flexibility index (Phi) is 2.50. The minimum absolute atomic E-state index is 0.244. The van der Waals surface area contributed by atoms with Gasteiger partial charge in [0.05, 0.1) is 0 Å². The van der Waals surface area contributed by atoms with Crippen molar-refractivity contribution in [2.75, 3.05) is 0 Å². The zero-order valence-corrected chi connectivity index (χ0v) is 9.20. The lowest BCUT2D eigenvalue weighted by molar-refractivity contribution is -0.113. The first kappa shape index (κ1) is 9.95. The van der Waals surface area contributed by atoms with Crippen LogP contribution in [0.5, 0.6) is 0 Å². The molecule has 0 heterocycles. The maximum absolute atomic E-state index is 10.9. The Morgan fingerprint density at radius 3 is 2.71 bits per heavy atom. The summed E-state index contributed by atoms with van der Waals surface area (Å²) in [5, 5.41) is 0. The molecule has 0 aromatic heterocycles. The molecule has 0 aromatic rings. The smallest absolute Gasteiger partial charge is 0.123 e. The Bertz CT molecular complexity index is 256. The molecule has 78 valence electrons. The summed E-state index contributed by atoms with van der Waals surface area (Å²) in [5.41, 5.74) is 1.34. The third-order valence-corrected chi connectivity index (χ3v) is 4.40. The third kappa shape index (κ3) is 1.43. The van der Waals surface area contributed by atoms with Gasteiger partial charge in [-0.2, -0.15) is 0 Å². The lowest BCUT2D eigenvalue weighted by atomic mass is 9.67. The monoisotopic (exact) mass is 192 g/mol. The van der Waals surface area contributed by atoms with Gasteiger partial charge in [-0.15, -0.1) is 0 Å². The summed E-state index contributed by atoms with van der Waals surface area (Å²) in [4.78, 5) is 10.9. The van der Waals surface area contributed by atoms with Crippen molar-refractivity contribution in [2.45, 2.75) is 33.1 Å². The highest BCUT2D eigenvalue weighted by Gasteiger charge is 2.43. The minimum Gasteiger partial charge on any atom is -0.303 e. The molecular weight excluding hydrogens is 172 g/mol. The second kappa shape index (κ2) is 3.52. The highest BCUT2D eigenvalue weighted by atomic mass is 16.1. The molecule has 2 aliphatic carbocycles. The van der Waals surface area contributed by atoms with Crippen molar-refractivity contribution in [1.29, 1.82) is 0 Å². The zero-order valence-electron chi connectivity index (χ0n) is 9.20. The first-order valence-corrected chi connectivity index (χ1v) is 5.76. The van der Waals surface area contributed by atoms with Crippen LogP contribution in [0, 0.1) is 29.6 Å². The van der Waals surface area contributed by atoms with Crippen LogP contribution in [0.2, 0.25) is 0 Å². The molecule has 14 heavy (non-hydrogen) atoms. The van der Waals surface area contributed by atoms with Crippen LogP contribution < -0.4 is 0 Å². The lowest BCUT2D eigenvalue weighted by Crippen LogP contribution is -2.32. The van der Waals surface area contributed by atoms with Gasteiger partial charge in [0.25, 0.3) is 0 Å². The standard InChI is InChI=1S/C13H20O/c1-8-4-12-9(2)6-11(7-14)10(3)13(12)5-8/h7-8,10-13H,2,4-6H2,1,3H3. The van der Waals surface area contributed by atoms with Crippen molar-refractivity contribution in [1.82, 2.24) is 0 Å². The normalized spacial score (nSPS) is 47.6. The van der Waals surface area contributed by atoms with Gasteiger partial charge in [-0.1, -0.05) is 26.0 Å². The summed E-state index contributed by atoms with van der Waals surface area (Å²) in [6, 6.07) is 0. The van der Waals surface area contributed by atoms with Gasteiger partial charge in [0.15, 0.2) is 0 Å². The van der Waals surface area contributed by atoms with Crippen molar-refractivity contribution in [3.63, 3.8) is 0 Å². The summed E-state index contributed by atoms with van der Waals surface area (Å²) in [5.74, 6) is 3.11. The predicted octanol–water partition coefficient (Wildman–Crippen LogP) is 3.06. The molecule has 0 N–H and O–H groups in total. The Morgan fingerprint density at radius 1 is 1.36 bits per heavy atom. The molecule has 0 aliphatic heterocycles. The largest absolute Gasteiger partial charge is 0.303 e. The first-order chi connectivity index (χ1) is 6.63. The van der Waals surface area contributed by atoms with E-state index in [2.05, 4.69) is 20.4 Å². The molecule has 2 fully saturated rings. The zero-order chi connectivity index (χ0) is 10.3. The topological polar surface area (TPSA) is 17.1 Å². The summed E-state index contributed by atoms with van der Waals surface area (Å²) in [7, 11) is 0. The van der Waals surface area contributed by atoms with E-state index in [4.69, 9.17) is 0 Å². The molecule has 2 saturated carbocycles. The van der Waals surface area contributed by atoms with Crippen LogP contribution in [0.1, 0.15) is 33.1 Å². The molecular formula is C13H20O. The van der Waals surface area contributed by atoms with Crippen LogP contribution in [0.3, 0.4) is 0 Å². The van der Waals surface area contributed by atoms with E-state index in [1.807, 2.05) is 0 Å². The van der Waals surface area contributed by atoms with Crippen LogP contribution in [-0.4, -0.2) is 6.29 Å². The fraction of sp³-hybridized carbons (Fsp3) is 0.769. The SMILES string of the molecule is C=C1CC(C=O)C(C)C2CC(C)CC12. The van der Waals surface area contributed by atoms with Crippen molar-refractivity contribution in [3.05, 3.63) is 12.2 Å². The molecule has 2 aliphatic rings. The van der Waals surface area contributed by atoms with Crippen molar-refractivity contribution >= 4 is 6.29 Å². The fourth-order valence-corrected chi connectivity index (χ4v) is 3.51. The number of allylic oxidation sites excluding steroid dienone is 1.